The SMILES string of the molecule is Cc1ccc(C(=O)O)c(Nc2ccccc2F)c1. The van der Waals surface area contributed by atoms with E-state index in [0.717, 1.165) is 5.56 Å². The van der Waals surface area contributed by atoms with E-state index in [1.807, 2.05) is 6.92 Å². The van der Waals surface area contributed by atoms with Crippen LogP contribution in [0.25, 0.3) is 0 Å². The number of carbonyl (C=O) groups is 1. The molecule has 0 saturated carbocycles. The van der Waals surface area contributed by atoms with Crippen LogP contribution in [0.1, 0.15) is 15.9 Å². The van der Waals surface area contributed by atoms with Crippen LogP contribution in [-0.2, 0) is 0 Å². The van der Waals surface area contributed by atoms with Gasteiger partial charge in [-0.3, -0.25) is 0 Å². The first-order valence-electron chi connectivity index (χ1n) is 5.43. The molecule has 0 aliphatic heterocycles. The molecule has 0 unspecified atom stereocenters. The third kappa shape index (κ3) is 2.48. The number of hydrogen-bond donors (Lipinski definition) is 2. The monoisotopic (exact) mass is 245 g/mol. The second-order valence-electron chi connectivity index (χ2n) is 3.96. The zero-order chi connectivity index (χ0) is 13.1. The standard InChI is InChI=1S/C14H12FNO2/c1-9-6-7-10(14(17)18)13(8-9)16-12-5-3-2-4-11(12)15/h2-8,16H,1H3,(H,17,18). The summed E-state index contributed by atoms with van der Waals surface area (Å²) < 4.78 is 13.5. The Labute approximate surface area is 104 Å². The maximum atomic E-state index is 13.5. The minimum Gasteiger partial charge on any atom is -0.478 e. The van der Waals surface area contributed by atoms with Crippen LogP contribution in [0.3, 0.4) is 0 Å². The number of carboxylic acids is 1. The van der Waals surface area contributed by atoms with Crippen molar-refractivity contribution in [1.82, 2.24) is 0 Å². The highest BCUT2D eigenvalue weighted by Crippen LogP contribution is 2.24. The van der Waals surface area contributed by atoms with Crippen LogP contribution in [0.5, 0.6) is 0 Å². The molecule has 0 spiro atoms. The summed E-state index contributed by atoms with van der Waals surface area (Å²) in [6.07, 6.45) is 0. The Morgan fingerprint density at radius 1 is 1.17 bits per heavy atom. The number of aromatic carboxylic acids is 1. The molecule has 0 radical (unpaired) electrons. The van der Waals surface area contributed by atoms with Crippen molar-refractivity contribution in [2.24, 2.45) is 0 Å². The van der Waals surface area contributed by atoms with E-state index in [-0.39, 0.29) is 11.3 Å². The molecule has 2 aromatic rings. The first-order chi connectivity index (χ1) is 8.58. The number of halogens is 1. The van der Waals surface area contributed by atoms with Gasteiger partial charge < -0.3 is 10.4 Å². The lowest BCUT2D eigenvalue weighted by Gasteiger charge is -2.11. The Morgan fingerprint density at radius 3 is 2.56 bits per heavy atom. The number of benzene rings is 2. The van der Waals surface area contributed by atoms with E-state index in [1.165, 1.54) is 12.1 Å². The molecule has 0 fully saturated rings. The molecule has 0 heterocycles. The van der Waals surface area contributed by atoms with Gasteiger partial charge in [0.1, 0.15) is 5.82 Å². The minimum atomic E-state index is -1.05. The molecule has 2 rings (SSSR count). The normalized spacial score (nSPS) is 10.1. The van der Waals surface area contributed by atoms with Gasteiger partial charge in [0.2, 0.25) is 0 Å². The molecular weight excluding hydrogens is 233 g/mol. The molecule has 2 N–H and O–H groups in total. The van der Waals surface area contributed by atoms with Gasteiger partial charge in [0.05, 0.1) is 16.9 Å². The van der Waals surface area contributed by atoms with Crippen LogP contribution in [0.15, 0.2) is 42.5 Å². The predicted molar refractivity (Wildman–Crippen MR) is 67.8 cm³/mol. The molecule has 0 aromatic heterocycles. The number of nitrogens with one attached hydrogen (secondary N) is 1. The zero-order valence-electron chi connectivity index (χ0n) is 9.77. The van der Waals surface area contributed by atoms with Crippen molar-refractivity contribution in [3.05, 3.63) is 59.4 Å². The largest absolute Gasteiger partial charge is 0.478 e. The Hall–Kier alpha value is -2.36. The maximum absolute atomic E-state index is 13.5. The van der Waals surface area contributed by atoms with Crippen molar-refractivity contribution >= 4 is 17.3 Å². The van der Waals surface area contributed by atoms with Gasteiger partial charge in [0, 0.05) is 0 Å². The van der Waals surface area contributed by atoms with Crippen LogP contribution >= 0.6 is 0 Å². The molecule has 0 bridgehead atoms. The molecule has 4 heteroatoms. The number of para-hydroxylation sites is 1. The summed E-state index contributed by atoms with van der Waals surface area (Å²) in [4.78, 5) is 11.1. The summed E-state index contributed by atoms with van der Waals surface area (Å²) in [7, 11) is 0. The van der Waals surface area contributed by atoms with E-state index >= 15 is 0 Å². The summed E-state index contributed by atoms with van der Waals surface area (Å²) in [5, 5.41) is 11.9. The Bertz CT molecular complexity index is 596. The van der Waals surface area contributed by atoms with Gasteiger partial charge in [0.15, 0.2) is 0 Å². The van der Waals surface area contributed by atoms with Crippen LogP contribution in [0.2, 0.25) is 0 Å². The number of carboxylic acid groups (broad SMARTS) is 1. The summed E-state index contributed by atoms with van der Waals surface area (Å²) in [5.41, 5.74) is 1.65. The number of aryl methyl sites for hydroxylation is 1. The molecule has 0 saturated heterocycles. The van der Waals surface area contributed by atoms with Gasteiger partial charge in [0.25, 0.3) is 0 Å². The van der Waals surface area contributed by atoms with Crippen LogP contribution in [-0.4, -0.2) is 11.1 Å². The molecule has 18 heavy (non-hydrogen) atoms. The highest BCUT2D eigenvalue weighted by atomic mass is 19.1. The van der Waals surface area contributed by atoms with Crippen molar-refractivity contribution in [1.29, 1.82) is 0 Å². The van der Waals surface area contributed by atoms with E-state index in [4.69, 9.17) is 5.11 Å². The van der Waals surface area contributed by atoms with Gasteiger partial charge in [-0.1, -0.05) is 18.2 Å². The van der Waals surface area contributed by atoms with E-state index in [9.17, 15) is 9.18 Å². The third-order valence-electron chi connectivity index (χ3n) is 2.55. The average Bonchev–Trinajstić information content (AvgIpc) is 2.32. The molecule has 0 aliphatic rings. The Morgan fingerprint density at radius 2 is 1.89 bits per heavy atom. The highest BCUT2D eigenvalue weighted by Gasteiger charge is 2.11. The van der Waals surface area contributed by atoms with Gasteiger partial charge in [-0.15, -0.1) is 0 Å². The fraction of sp³-hybridized carbons (Fsp3) is 0.0714. The third-order valence-corrected chi connectivity index (χ3v) is 2.55. The van der Waals surface area contributed by atoms with Crippen molar-refractivity contribution in [2.45, 2.75) is 6.92 Å². The second kappa shape index (κ2) is 4.87. The highest BCUT2D eigenvalue weighted by molar-refractivity contribution is 5.95. The maximum Gasteiger partial charge on any atom is 0.337 e. The number of anilines is 2. The minimum absolute atomic E-state index is 0.115. The molecule has 0 aliphatic carbocycles. The smallest absolute Gasteiger partial charge is 0.337 e. The lowest BCUT2D eigenvalue weighted by molar-refractivity contribution is 0.0698. The fourth-order valence-corrected chi connectivity index (χ4v) is 1.66. The zero-order valence-corrected chi connectivity index (χ0v) is 9.77. The molecule has 92 valence electrons. The molecular formula is C14H12FNO2. The van der Waals surface area contributed by atoms with Crippen molar-refractivity contribution in [3.8, 4) is 0 Å². The van der Waals surface area contributed by atoms with Crippen LogP contribution in [0, 0.1) is 12.7 Å². The quantitative estimate of drug-likeness (QED) is 0.869. The van der Waals surface area contributed by atoms with Crippen LogP contribution < -0.4 is 5.32 Å². The van der Waals surface area contributed by atoms with Crippen molar-refractivity contribution in [3.63, 3.8) is 0 Å². The average molecular weight is 245 g/mol. The Kier molecular flexibility index (Phi) is 3.28. The molecule has 3 nitrogen and oxygen atoms in total. The van der Waals surface area contributed by atoms with Gasteiger partial charge in [-0.05, 0) is 36.8 Å². The van der Waals surface area contributed by atoms with Crippen molar-refractivity contribution < 1.29 is 14.3 Å². The van der Waals surface area contributed by atoms with E-state index in [1.54, 1.807) is 30.3 Å². The topological polar surface area (TPSA) is 49.3 Å². The van der Waals surface area contributed by atoms with E-state index in [2.05, 4.69) is 5.32 Å². The second-order valence-corrected chi connectivity index (χ2v) is 3.96. The lowest BCUT2D eigenvalue weighted by Crippen LogP contribution is -2.03. The first kappa shape index (κ1) is 12.1. The summed E-state index contributed by atoms with van der Waals surface area (Å²) in [6.45, 7) is 1.85. The number of hydrogen-bond acceptors (Lipinski definition) is 2. The fourth-order valence-electron chi connectivity index (χ4n) is 1.66. The Balaban J connectivity index is 2.42. The first-order valence-corrected chi connectivity index (χ1v) is 5.43. The predicted octanol–water partition coefficient (Wildman–Crippen LogP) is 3.58. The van der Waals surface area contributed by atoms with Crippen LogP contribution in [0.4, 0.5) is 15.8 Å². The number of rotatable bonds is 3. The molecule has 2 aromatic carbocycles. The lowest BCUT2D eigenvalue weighted by atomic mass is 10.1. The van der Waals surface area contributed by atoms with E-state index < -0.39 is 11.8 Å². The van der Waals surface area contributed by atoms with Gasteiger partial charge in [-0.2, -0.15) is 0 Å². The molecule has 0 amide bonds. The summed E-state index contributed by atoms with van der Waals surface area (Å²) >= 11 is 0. The van der Waals surface area contributed by atoms with E-state index in [0.29, 0.717) is 5.69 Å². The van der Waals surface area contributed by atoms with Gasteiger partial charge in [-0.25, -0.2) is 9.18 Å². The molecule has 0 atom stereocenters. The van der Waals surface area contributed by atoms with Gasteiger partial charge >= 0.3 is 5.97 Å². The summed E-state index contributed by atoms with van der Waals surface area (Å²) in [6, 6.07) is 11.0. The summed E-state index contributed by atoms with van der Waals surface area (Å²) in [5.74, 6) is -1.47. The van der Waals surface area contributed by atoms with Crippen molar-refractivity contribution in [2.75, 3.05) is 5.32 Å².